The summed E-state index contributed by atoms with van der Waals surface area (Å²) in [5.41, 5.74) is 11.5. The van der Waals surface area contributed by atoms with Crippen molar-refractivity contribution in [1.82, 2.24) is 5.32 Å². The van der Waals surface area contributed by atoms with Gasteiger partial charge in [-0.25, -0.2) is 9.59 Å². The number of Topliss-reactive ketones (excluding diaryl/α,β-unsaturated/α-hetero) is 1. The molecule has 0 aliphatic heterocycles. The standard InChI is InChI=1S/C24H31N3O7/c1-16(34-24(26)31)18(14-33-23(25)30)13-27-22(29)15-32-21-10-6-5-9-19(21)20(28)12-11-17-7-3-2-4-8-17/h2-10,16,18,22,27,29H,11-15H2,1H3,(H2,25,30)(H2,26,31). The fraction of sp³-hybridized carbons (Fsp3) is 0.375. The lowest BCUT2D eigenvalue weighted by molar-refractivity contribution is 0.0298. The maximum Gasteiger partial charge on any atom is 0.404 e. The van der Waals surface area contributed by atoms with E-state index in [1.165, 1.54) is 0 Å². The van der Waals surface area contributed by atoms with E-state index in [-0.39, 0.29) is 25.5 Å². The van der Waals surface area contributed by atoms with Gasteiger partial charge < -0.3 is 30.8 Å². The Labute approximate surface area is 198 Å². The summed E-state index contributed by atoms with van der Waals surface area (Å²) < 4.78 is 15.4. The zero-order valence-electron chi connectivity index (χ0n) is 19.0. The molecule has 2 aromatic rings. The number of primary amides is 2. The Morgan fingerprint density at radius 3 is 2.32 bits per heavy atom. The minimum absolute atomic E-state index is 0.0667. The summed E-state index contributed by atoms with van der Waals surface area (Å²) in [5.74, 6) is -0.232. The lowest BCUT2D eigenvalue weighted by Gasteiger charge is -2.24. The summed E-state index contributed by atoms with van der Waals surface area (Å²) in [4.78, 5) is 34.7. The Bertz CT molecular complexity index is 939. The van der Waals surface area contributed by atoms with Crippen LogP contribution in [0.15, 0.2) is 54.6 Å². The van der Waals surface area contributed by atoms with Crippen molar-refractivity contribution < 1.29 is 33.7 Å². The molecule has 10 heteroatoms. The van der Waals surface area contributed by atoms with Gasteiger partial charge in [-0.2, -0.15) is 0 Å². The second kappa shape index (κ2) is 13.8. The van der Waals surface area contributed by atoms with Crippen molar-refractivity contribution in [3.05, 3.63) is 65.7 Å². The van der Waals surface area contributed by atoms with E-state index < -0.39 is 30.4 Å². The number of carbonyl (C=O) groups excluding carboxylic acids is 3. The van der Waals surface area contributed by atoms with Crippen molar-refractivity contribution in [3.63, 3.8) is 0 Å². The van der Waals surface area contributed by atoms with Gasteiger partial charge in [0, 0.05) is 18.9 Å². The number of hydrogen-bond donors (Lipinski definition) is 4. The van der Waals surface area contributed by atoms with Crippen molar-refractivity contribution in [1.29, 1.82) is 0 Å². The maximum atomic E-state index is 12.7. The van der Waals surface area contributed by atoms with Crippen molar-refractivity contribution in [3.8, 4) is 5.75 Å². The first kappa shape index (κ1) is 26.6. The minimum Gasteiger partial charge on any atom is -0.489 e. The second-order valence-electron chi connectivity index (χ2n) is 7.67. The predicted octanol–water partition coefficient (Wildman–Crippen LogP) is 1.98. The number of benzene rings is 2. The molecule has 2 aromatic carbocycles. The lowest BCUT2D eigenvalue weighted by Crippen LogP contribution is -2.43. The zero-order chi connectivity index (χ0) is 24.9. The Kier molecular flexibility index (Phi) is 10.8. The predicted molar refractivity (Wildman–Crippen MR) is 124 cm³/mol. The highest BCUT2D eigenvalue weighted by Crippen LogP contribution is 2.21. The van der Waals surface area contributed by atoms with Gasteiger partial charge in [0.1, 0.15) is 31.3 Å². The average Bonchev–Trinajstić information content (AvgIpc) is 2.81. The number of amides is 2. The molecule has 2 amide bonds. The second-order valence-corrected chi connectivity index (χ2v) is 7.67. The molecule has 10 nitrogen and oxygen atoms in total. The molecule has 0 fully saturated rings. The summed E-state index contributed by atoms with van der Waals surface area (Å²) in [5, 5.41) is 13.1. The molecule has 0 saturated carbocycles. The summed E-state index contributed by atoms with van der Waals surface area (Å²) in [7, 11) is 0. The number of para-hydroxylation sites is 1. The van der Waals surface area contributed by atoms with Gasteiger partial charge in [0.25, 0.3) is 0 Å². The van der Waals surface area contributed by atoms with Gasteiger partial charge in [-0.15, -0.1) is 0 Å². The van der Waals surface area contributed by atoms with E-state index in [2.05, 4.69) is 5.32 Å². The molecule has 184 valence electrons. The van der Waals surface area contributed by atoms with Gasteiger partial charge in [-0.05, 0) is 31.0 Å². The third-order valence-corrected chi connectivity index (χ3v) is 5.09. The van der Waals surface area contributed by atoms with Gasteiger partial charge in [0.2, 0.25) is 0 Å². The lowest BCUT2D eigenvalue weighted by atomic mass is 10.0. The molecule has 0 radical (unpaired) electrons. The van der Waals surface area contributed by atoms with Gasteiger partial charge >= 0.3 is 12.2 Å². The first-order valence-electron chi connectivity index (χ1n) is 10.8. The quantitative estimate of drug-likeness (QED) is 0.239. The van der Waals surface area contributed by atoms with E-state index in [0.717, 1.165) is 5.56 Å². The van der Waals surface area contributed by atoms with Crippen LogP contribution in [0.3, 0.4) is 0 Å². The van der Waals surface area contributed by atoms with E-state index >= 15 is 0 Å². The SMILES string of the molecule is CC(OC(N)=O)C(CNC(O)COc1ccccc1C(=O)CCc1ccccc1)COC(N)=O. The van der Waals surface area contributed by atoms with Crippen molar-refractivity contribution in [2.75, 3.05) is 19.8 Å². The third-order valence-electron chi connectivity index (χ3n) is 5.09. The molecular weight excluding hydrogens is 442 g/mol. The van der Waals surface area contributed by atoms with Crippen LogP contribution in [-0.2, 0) is 15.9 Å². The number of aliphatic hydroxyl groups is 1. The first-order chi connectivity index (χ1) is 16.3. The molecule has 0 saturated heterocycles. The smallest absolute Gasteiger partial charge is 0.404 e. The molecule has 0 aliphatic rings. The number of carbonyl (C=O) groups is 3. The van der Waals surface area contributed by atoms with E-state index in [4.69, 9.17) is 25.7 Å². The molecule has 2 rings (SSSR count). The molecule has 34 heavy (non-hydrogen) atoms. The molecule has 0 bridgehead atoms. The summed E-state index contributed by atoms with van der Waals surface area (Å²) in [6, 6.07) is 16.5. The van der Waals surface area contributed by atoms with Gasteiger partial charge in [-0.1, -0.05) is 42.5 Å². The van der Waals surface area contributed by atoms with Crippen LogP contribution in [0.5, 0.6) is 5.75 Å². The van der Waals surface area contributed by atoms with Gasteiger partial charge in [-0.3, -0.25) is 10.1 Å². The Hall–Kier alpha value is -3.63. The molecule has 0 aromatic heterocycles. The van der Waals surface area contributed by atoms with Gasteiger partial charge in [0.05, 0.1) is 5.56 Å². The number of rotatable bonds is 14. The molecule has 6 N–H and O–H groups in total. The van der Waals surface area contributed by atoms with Crippen molar-refractivity contribution >= 4 is 18.0 Å². The Balaban J connectivity index is 1.89. The van der Waals surface area contributed by atoms with Crippen LogP contribution in [0.2, 0.25) is 0 Å². The van der Waals surface area contributed by atoms with Crippen molar-refractivity contribution in [2.45, 2.75) is 32.1 Å². The number of ketones is 1. The maximum absolute atomic E-state index is 12.7. The topological polar surface area (TPSA) is 163 Å². The van der Waals surface area contributed by atoms with Crippen LogP contribution in [0.1, 0.15) is 29.3 Å². The van der Waals surface area contributed by atoms with Gasteiger partial charge in [0.15, 0.2) is 5.78 Å². The number of nitrogens with two attached hydrogens (primary N) is 2. The molecule has 0 heterocycles. The fourth-order valence-corrected chi connectivity index (χ4v) is 3.20. The Morgan fingerprint density at radius 1 is 0.971 bits per heavy atom. The van der Waals surface area contributed by atoms with Crippen LogP contribution in [0.4, 0.5) is 9.59 Å². The summed E-state index contributed by atoms with van der Waals surface area (Å²) >= 11 is 0. The average molecular weight is 474 g/mol. The fourth-order valence-electron chi connectivity index (χ4n) is 3.20. The highest BCUT2D eigenvalue weighted by Gasteiger charge is 2.23. The number of aryl methyl sites for hydroxylation is 1. The number of nitrogens with one attached hydrogen (secondary N) is 1. The number of ether oxygens (including phenoxy) is 3. The highest BCUT2D eigenvalue weighted by atomic mass is 16.6. The first-order valence-corrected chi connectivity index (χ1v) is 10.8. The van der Waals surface area contributed by atoms with Crippen LogP contribution < -0.4 is 21.5 Å². The molecule has 0 aliphatic carbocycles. The summed E-state index contributed by atoms with van der Waals surface area (Å²) in [6.07, 6.45) is -2.85. The Morgan fingerprint density at radius 2 is 1.65 bits per heavy atom. The number of aliphatic hydroxyl groups excluding tert-OH is 1. The van der Waals surface area contributed by atoms with Crippen LogP contribution in [-0.4, -0.2) is 55.2 Å². The summed E-state index contributed by atoms with van der Waals surface area (Å²) in [6.45, 7) is 1.37. The monoisotopic (exact) mass is 473 g/mol. The van der Waals surface area contributed by atoms with Crippen LogP contribution >= 0.6 is 0 Å². The number of hydrogen-bond acceptors (Lipinski definition) is 8. The molecule has 0 spiro atoms. The highest BCUT2D eigenvalue weighted by molar-refractivity contribution is 5.98. The minimum atomic E-state index is -1.12. The molecule has 3 atom stereocenters. The van der Waals surface area contributed by atoms with E-state index in [1.807, 2.05) is 30.3 Å². The van der Waals surface area contributed by atoms with E-state index in [1.54, 1.807) is 31.2 Å². The van der Waals surface area contributed by atoms with Crippen LogP contribution in [0, 0.1) is 5.92 Å². The van der Waals surface area contributed by atoms with Crippen molar-refractivity contribution in [2.24, 2.45) is 17.4 Å². The largest absolute Gasteiger partial charge is 0.489 e. The third kappa shape index (κ3) is 9.47. The van der Waals surface area contributed by atoms with Crippen LogP contribution in [0.25, 0.3) is 0 Å². The molecular formula is C24H31N3O7. The molecule has 3 unspecified atom stereocenters. The van der Waals surface area contributed by atoms with E-state index in [0.29, 0.717) is 24.2 Å². The zero-order valence-corrected chi connectivity index (χ0v) is 19.0. The van der Waals surface area contributed by atoms with E-state index in [9.17, 15) is 19.5 Å². The normalized spacial score (nSPS) is 13.4.